The van der Waals surface area contributed by atoms with E-state index < -0.39 is 5.91 Å². The Bertz CT molecular complexity index is 1120. The lowest BCUT2D eigenvalue weighted by molar-refractivity contribution is 0.102. The van der Waals surface area contributed by atoms with Crippen molar-refractivity contribution in [1.29, 1.82) is 0 Å². The highest BCUT2D eigenvalue weighted by molar-refractivity contribution is 6.02. The Labute approximate surface area is 160 Å². The minimum absolute atomic E-state index is 0.160. The third kappa shape index (κ3) is 3.96. The number of aromatic nitrogens is 5. The Kier molecular flexibility index (Phi) is 4.67. The van der Waals surface area contributed by atoms with Crippen LogP contribution in [-0.2, 0) is 6.54 Å². The smallest absolute Gasteiger partial charge is 0.276 e. The van der Waals surface area contributed by atoms with Gasteiger partial charge in [-0.1, -0.05) is 42.0 Å². The highest BCUT2D eigenvalue weighted by atomic mass is 19.1. The van der Waals surface area contributed by atoms with Crippen LogP contribution in [-0.4, -0.2) is 30.9 Å². The van der Waals surface area contributed by atoms with Gasteiger partial charge in [0.25, 0.3) is 5.91 Å². The molecule has 140 valence electrons. The molecule has 7 nitrogen and oxygen atoms in total. The summed E-state index contributed by atoms with van der Waals surface area (Å²) < 4.78 is 14.8. The molecule has 0 aliphatic heterocycles. The molecule has 0 unspecified atom stereocenters. The number of benzene rings is 2. The molecular formula is C20H17FN6O. The van der Waals surface area contributed by atoms with E-state index in [0.29, 0.717) is 17.9 Å². The average Bonchev–Trinajstić information content (AvgIpc) is 3.32. The molecule has 0 atom stereocenters. The monoisotopic (exact) mass is 376 g/mol. The number of nitrogens with zero attached hydrogens (tertiary/aromatic N) is 4. The zero-order valence-corrected chi connectivity index (χ0v) is 15.1. The highest BCUT2D eigenvalue weighted by Crippen LogP contribution is 2.18. The first-order valence-electron chi connectivity index (χ1n) is 8.64. The van der Waals surface area contributed by atoms with E-state index in [4.69, 9.17) is 0 Å². The summed E-state index contributed by atoms with van der Waals surface area (Å²) in [4.78, 5) is 16.5. The summed E-state index contributed by atoms with van der Waals surface area (Å²) in [6.07, 6.45) is 1.48. The van der Waals surface area contributed by atoms with Gasteiger partial charge in [0, 0.05) is 5.56 Å². The van der Waals surface area contributed by atoms with E-state index in [9.17, 15) is 9.18 Å². The second-order valence-electron chi connectivity index (χ2n) is 6.38. The standard InChI is InChI=1S/C20H17FN6O/c1-13-5-7-15(8-6-13)17-10-18(25-24-17)19(28)23-20-22-12-27(26-20)11-14-3-2-4-16(21)9-14/h2-10,12H,11H2,1H3,(H,24,25)(H,23,26,28). The summed E-state index contributed by atoms with van der Waals surface area (Å²) >= 11 is 0. The Morgan fingerprint density at radius 2 is 2.00 bits per heavy atom. The third-order valence-corrected chi connectivity index (χ3v) is 4.17. The van der Waals surface area contributed by atoms with E-state index in [1.54, 1.807) is 18.2 Å². The van der Waals surface area contributed by atoms with E-state index in [-0.39, 0.29) is 11.8 Å². The predicted octanol–water partition coefficient (Wildman–Crippen LogP) is 3.42. The first-order valence-corrected chi connectivity index (χ1v) is 8.64. The van der Waals surface area contributed by atoms with Gasteiger partial charge in [-0.2, -0.15) is 5.10 Å². The number of hydrogen-bond donors (Lipinski definition) is 2. The molecule has 0 aliphatic rings. The van der Waals surface area contributed by atoms with Crippen molar-refractivity contribution in [2.75, 3.05) is 5.32 Å². The number of hydrogen-bond acceptors (Lipinski definition) is 4. The number of aromatic amines is 1. The molecule has 2 heterocycles. The Balaban J connectivity index is 1.43. The molecular weight excluding hydrogens is 359 g/mol. The van der Waals surface area contributed by atoms with Gasteiger partial charge in [0.15, 0.2) is 0 Å². The van der Waals surface area contributed by atoms with Gasteiger partial charge in [-0.3, -0.25) is 15.2 Å². The zero-order chi connectivity index (χ0) is 19.5. The number of carbonyl (C=O) groups excluding carboxylic acids is 1. The molecule has 2 aromatic carbocycles. The van der Waals surface area contributed by atoms with Crippen LogP contribution in [0.1, 0.15) is 21.6 Å². The lowest BCUT2D eigenvalue weighted by Gasteiger charge is -2.01. The van der Waals surface area contributed by atoms with Gasteiger partial charge in [-0.15, -0.1) is 5.10 Å². The van der Waals surface area contributed by atoms with E-state index in [0.717, 1.165) is 16.7 Å². The maximum atomic E-state index is 13.3. The summed E-state index contributed by atoms with van der Waals surface area (Å²) in [5.74, 6) is -0.544. The lowest BCUT2D eigenvalue weighted by Crippen LogP contribution is -2.14. The fraction of sp³-hybridized carbons (Fsp3) is 0.100. The van der Waals surface area contributed by atoms with Crippen LogP contribution >= 0.6 is 0 Å². The summed E-state index contributed by atoms with van der Waals surface area (Å²) in [6, 6.07) is 15.8. The number of aryl methyl sites for hydroxylation is 1. The molecule has 28 heavy (non-hydrogen) atoms. The topological polar surface area (TPSA) is 88.5 Å². The molecule has 4 rings (SSSR count). The SMILES string of the molecule is Cc1ccc(-c2cc(C(=O)Nc3ncn(Cc4cccc(F)c4)n3)[nH]n2)cc1. The first-order chi connectivity index (χ1) is 13.6. The number of anilines is 1. The predicted molar refractivity (Wildman–Crippen MR) is 102 cm³/mol. The summed E-state index contributed by atoms with van der Waals surface area (Å²) in [6.45, 7) is 2.36. The largest absolute Gasteiger partial charge is 0.288 e. The third-order valence-electron chi connectivity index (χ3n) is 4.17. The normalized spacial score (nSPS) is 10.8. The molecule has 2 aromatic heterocycles. The van der Waals surface area contributed by atoms with Crippen molar-refractivity contribution in [2.45, 2.75) is 13.5 Å². The molecule has 0 spiro atoms. The van der Waals surface area contributed by atoms with Crippen LogP contribution in [0, 0.1) is 12.7 Å². The zero-order valence-electron chi connectivity index (χ0n) is 15.1. The number of rotatable bonds is 5. The molecule has 0 saturated heterocycles. The lowest BCUT2D eigenvalue weighted by atomic mass is 10.1. The van der Waals surface area contributed by atoms with Crippen LogP contribution in [0.5, 0.6) is 0 Å². The maximum absolute atomic E-state index is 13.3. The number of nitrogens with one attached hydrogen (secondary N) is 2. The summed E-state index contributed by atoms with van der Waals surface area (Å²) in [5.41, 5.74) is 3.79. The number of halogens is 1. The van der Waals surface area contributed by atoms with Crippen LogP contribution in [0.25, 0.3) is 11.3 Å². The van der Waals surface area contributed by atoms with Gasteiger partial charge in [-0.05, 0) is 30.7 Å². The van der Waals surface area contributed by atoms with Gasteiger partial charge < -0.3 is 0 Å². The molecule has 0 bridgehead atoms. The van der Waals surface area contributed by atoms with Crippen molar-refractivity contribution < 1.29 is 9.18 Å². The first kappa shape index (κ1) is 17.6. The highest BCUT2D eigenvalue weighted by Gasteiger charge is 2.13. The average molecular weight is 376 g/mol. The fourth-order valence-corrected chi connectivity index (χ4v) is 2.73. The Morgan fingerprint density at radius 1 is 1.18 bits per heavy atom. The van der Waals surface area contributed by atoms with Crippen molar-refractivity contribution in [1.82, 2.24) is 25.0 Å². The minimum atomic E-state index is -0.394. The number of amides is 1. The number of carbonyl (C=O) groups is 1. The minimum Gasteiger partial charge on any atom is -0.288 e. The van der Waals surface area contributed by atoms with Gasteiger partial charge in [-0.25, -0.2) is 14.1 Å². The fourth-order valence-electron chi connectivity index (χ4n) is 2.73. The van der Waals surface area contributed by atoms with Gasteiger partial charge in [0.2, 0.25) is 5.95 Å². The van der Waals surface area contributed by atoms with E-state index in [1.165, 1.54) is 23.1 Å². The molecule has 4 aromatic rings. The van der Waals surface area contributed by atoms with E-state index in [1.807, 2.05) is 31.2 Å². The Hall–Kier alpha value is -3.81. The number of H-pyrrole nitrogens is 1. The van der Waals surface area contributed by atoms with Crippen LogP contribution in [0.3, 0.4) is 0 Å². The van der Waals surface area contributed by atoms with Crippen molar-refractivity contribution in [2.24, 2.45) is 0 Å². The van der Waals surface area contributed by atoms with Crippen LogP contribution in [0.2, 0.25) is 0 Å². The quantitative estimate of drug-likeness (QED) is 0.559. The van der Waals surface area contributed by atoms with Crippen LogP contribution < -0.4 is 5.32 Å². The molecule has 0 aliphatic carbocycles. The van der Waals surface area contributed by atoms with Gasteiger partial charge in [0.05, 0.1) is 12.2 Å². The van der Waals surface area contributed by atoms with Crippen molar-refractivity contribution in [3.63, 3.8) is 0 Å². The summed E-state index contributed by atoms with van der Waals surface area (Å²) in [5, 5.41) is 13.7. The van der Waals surface area contributed by atoms with Gasteiger partial charge in [0.1, 0.15) is 17.8 Å². The van der Waals surface area contributed by atoms with Crippen molar-refractivity contribution >= 4 is 11.9 Å². The second kappa shape index (κ2) is 7.43. The van der Waals surface area contributed by atoms with Gasteiger partial charge >= 0.3 is 0 Å². The second-order valence-corrected chi connectivity index (χ2v) is 6.38. The maximum Gasteiger partial charge on any atom is 0.276 e. The molecule has 1 amide bonds. The van der Waals surface area contributed by atoms with Crippen molar-refractivity contribution in [3.05, 3.63) is 83.6 Å². The molecule has 0 radical (unpaired) electrons. The molecule has 8 heteroatoms. The molecule has 0 fully saturated rings. The van der Waals surface area contributed by atoms with E-state index in [2.05, 4.69) is 25.6 Å². The van der Waals surface area contributed by atoms with Crippen LogP contribution in [0.15, 0.2) is 60.9 Å². The van der Waals surface area contributed by atoms with Crippen molar-refractivity contribution in [3.8, 4) is 11.3 Å². The van der Waals surface area contributed by atoms with Crippen LogP contribution in [0.4, 0.5) is 10.3 Å². The summed E-state index contributed by atoms with van der Waals surface area (Å²) in [7, 11) is 0. The molecule has 0 saturated carbocycles. The Morgan fingerprint density at radius 3 is 2.79 bits per heavy atom. The van der Waals surface area contributed by atoms with E-state index >= 15 is 0 Å². The molecule has 2 N–H and O–H groups in total.